The first-order valence-corrected chi connectivity index (χ1v) is 9.11. The fraction of sp³-hybridized carbons (Fsp3) is 0.538. The first-order valence-electron chi connectivity index (χ1n) is 6.44. The van der Waals surface area contributed by atoms with Crippen LogP contribution in [0.15, 0.2) is 34.1 Å². The third-order valence-corrected chi connectivity index (χ3v) is 6.13. The Labute approximate surface area is 119 Å². The Hall–Kier alpha value is -0.560. The quantitative estimate of drug-likeness (QED) is 0.794. The lowest BCUT2D eigenvalue weighted by molar-refractivity contribution is 0.196. The van der Waals surface area contributed by atoms with Crippen LogP contribution < -0.4 is 0 Å². The van der Waals surface area contributed by atoms with Crippen molar-refractivity contribution in [3.05, 3.63) is 24.3 Å². The van der Waals surface area contributed by atoms with Crippen molar-refractivity contribution in [2.75, 3.05) is 39.0 Å². The van der Waals surface area contributed by atoms with Gasteiger partial charge >= 0.3 is 0 Å². The minimum absolute atomic E-state index is 0.398. The smallest absolute Gasteiger partial charge is 0.243 e. The lowest BCUT2D eigenvalue weighted by Gasteiger charge is -2.33. The highest BCUT2D eigenvalue weighted by Crippen LogP contribution is 2.21. The molecule has 1 aliphatic rings. The van der Waals surface area contributed by atoms with Crippen molar-refractivity contribution in [1.82, 2.24) is 9.21 Å². The van der Waals surface area contributed by atoms with Gasteiger partial charge in [0.25, 0.3) is 0 Å². The summed E-state index contributed by atoms with van der Waals surface area (Å²) in [7, 11) is -3.32. The van der Waals surface area contributed by atoms with Gasteiger partial charge in [-0.25, -0.2) is 8.42 Å². The standard InChI is InChI=1S/C13H20N2O2S2/c1-3-14-8-10-15(11-9-14)19(16,17)13-6-4-12(18-2)5-7-13/h4-7H,3,8-11H2,1-2H3. The molecule has 1 aromatic rings. The van der Waals surface area contributed by atoms with Crippen molar-refractivity contribution >= 4 is 21.8 Å². The second kappa shape index (κ2) is 6.26. The van der Waals surface area contributed by atoms with E-state index in [9.17, 15) is 8.42 Å². The van der Waals surface area contributed by atoms with Crippen molar-refractivity contribution in [2.24, 2.45) is 0 Å². The molecule has 0 saturated carbocycles. The van der Waals surface area contributed by atoms with Crippen molar-refractivity contribution in [3.63, 3.8) is 0 Å². The summed E-state index contributed by atoms with van der Waals surface area (Å²) in [5.41, 5.74) is 0. The molecule has 6 heteroatoms. The maximum absolute atomic E-state index is 12.5. The molecule has 1 fully saturated rings. The summed E-state index contributed by atoms with van der Waals surface area (Å²) in [5.74, 6) is 0. The van der Waals surface area contributed by atoms with Gasteiger partial charge in [-0.15, -0.1) is 11.8 Å². The molecule has 0 radical (unpaired) electrons. The maximum atomic E-state index is 12.5. The molecule has 0 aliphatic carbocycles. The molecule has 1 saturated heterocycles. The summed E-state index contributed by atoms with van der Waals surface area (Å²) in [6.45, 7) is 5.89. The van der Waals surface area contributed by atoms with Crippen LogP contribution in [-0.2, 0) is 10.0 Å². The number of piperazine rings is 1. The lowest BCUT2D eigenvalue weighted by atomic mass is 10.4. The Balaban J connectivity index is 2.13. The van der Waals surface area contributed by atoms with E-state index in [4.69, 9.17) is 0 Å². The summed E-state index contributed by atoms with van der Waals surface area (Å²) in [6, 6.07) is 7.13. The van der Waals surface area contributed by atoms with E-state index in [0.717, 1.165) is 24.5 Å². The molecule has 1 aliphatic heterocycles. The van der Waals surface area contributed by atoms with Crippen LogP contribution in [0.5, 0.6) is 0 Å². The van der Waals surface area contributed by atoms with Crippen LogP contribution in [0.25, 0.3) is 0 Å². The van der Waals surface area contributed by atoms with Crippen LogP contribution in [-0.4, -0.2) is 56.6 Å². The summed E-state index contributed by atoms with van der Waals surface area (Å²) in [5, 5.41) is 0. The van der Waals surface area contributed by atoms with Gasteiger partial charge in [-0.05, 0) is 37.1 Å². The number of thioether (sulfide) groups is 1. The van der Waals surface area contributed by atoms with Crippen LogP contribution in [0.1, 0.15) is 6.92 Å². The fourth-order valence-corrected chi connectivity index (χ4v) is 4.01. The molecule has 2 rings (SSSR count). The lowest BCUT2D eigenvalue weighted by Crippen LogP contribution is -2.48. The normalized spacial score (nSPS) is 18.6. The largest absolute Gasteiger partial charge is 0.301 e. The van der Waals surface area contributed by atoms with E-state index in [1.165, 1.54) is 0 Å². The van der Waals surface area contributed by atoms with Crippen LogP contribution in [0.3, 0.4) is 0 Å². The topological polar surface area (TPSA) is 40.6 Å². The Morgan fingerprint density at radius 1 is 1.11 bits per heavy atom. The average molecular weight is 300 g/mol. The third kappa shape index (κ3) is 3.31. The van der Waals surface area contributed by atoms with Crippen molar-refractivity contribution < 1.29 is 8.42 Å². The van der Waals surface area contributed by atoms with E-state index in [2.05, 4.69) is 11.8 Å². The number of nitrogens with zero attached hydrogens (tertiary/aromatic N) is 2. The molecular weight excluding hydrogens is 280 g/mol. The Kier molecular flexibility index (Phi) is 4.89. The Morgan fingerprint density at radius 3 is 2.16 bits per heavy atom. The van der Waals surface area contributed by atoms with Gasteiger partial charge in [0.15, 0.2) is 0 Å². The molecule has 106 valence electrons. The number of benzene rings is 1. The molecule has 0 atom stereocenters. The van der Waals surface area contributed by atoms with E-state index in [-0.39, 0.29) is 0 Å². The Bertz CT molecular complexity index is 506. The molecule has 0 N–H and O–H groups in total. The zero-order chi connectivity index (χ0) is 13.9. The summed E-state index contributed by atoms with van der Waals surface area (Å²) in [4.78, 5) is 3.74. The van der Waals surface area contributed by atoms with Crippen molar-refractivity contribution in [3.8, 4) is 0 Å². The average Bonchev–Trinajstić information content (AvgIpc) is 2.47. The second-order valence-corrected chi connectivity index (χ2v) is 7.33. The zero-order valence-electron chi connectivity index (χ0n) is 11.4. The van der Waals surface area contributed by atoms with Crippen molar-refractivity contribution in [2.45, 2.75) is 16.7 Å². The van der Waals surface area contributed by atoms with Gasteiger partial charge in [-0.1, -0.05) is 6.92 Å². The van der Waals surface area contributed by atoms with Gasteiger partial charge < -0.3 is 4.90 Å². The molecule has 1 aromatic carbocycles. The van der Waals surface area contributed by atoms with Crippen LogP contribution in [0.4, 0.5) is 0 Å². The van der Waals surface area contributed by atoms with Gasteiger partial charge in [0.1, 0.15) is 0 Å². The molecule has 0 unspecified atom stereocenters. The zero-order valence-corrected chi connectivity index (χ0v) is 13.0. The first kappa shape index (κ1) is 14.8. The molecule has 0 bridgehead atoms. The summed E-state index contributed by atoms with van der Waals surface area (Å²) in [6.07, 6.45) is 1.98. The summed E-state index contributed by atoms with van der Waals surface area (Å²) < 4.78 is 26.6. The van der Waals surface area contributed by atoms with Crippen LogP contribution in [0.2, 0.25) is 0 Å². The van der Waals surface area contributed by atoms with E-state index < -0.39 is 10.0 Å². The molecule has 0 spiro atoms. The van der Waals surface area contributed by atoms with E-state index in [1.54, 1.807) is 28.2 Å². The molecule has 19 heavy (non-hydrogen) atoms. The van der Waals surface area contributed by atoms with E-state index in [0.29, 0.717) is 18.0 Å². The predicted molar refractivity (Wildman–Crippen MR) is 79.1 cm³/mol. The molecule has 1 heterocycles. The molecule has 4 nitrogen and oxygen atoms in total. The third-order valence-electron chi connectivity index (χ3n) is 3.48. The molecule has 0 amide bonds. The minimum Gasteiger partial charge on any atom is -0.301 e. The highest BCUT2D eigenvalue weighted by Gasteiger charge is 2.27. The number of rotatable bonds is 4. The highest BCUT2D eigenvalue weighted by molar-refractivity contribution is 7.98. The van der Waals surface area contributed by atoms with Gasteiger partial charge in [0.2, 0.25) is 10.0 Å². The fourth-order valence-electron chi connectivity index (χ4n) is 2.18. The molecule has 0 aromatic heterocycles. The second-order valence-electron chi connectivity index (χ2n) is 4.51. The number of likely N-dealkylation sites (N-methyl/N-ethyl adjacent to an activating group) is 1. The van der Waals surface area contributed by atoms with Crippen molar-refractivity contribution in [1.29, 1.82) is 0 Å². The number of hydrogen-bond donors (Lipinski definition) is 0. The molecular formula is C13H20N2O2S2. The van der Waals surface area contributed by atoms with E-state index in [1.807, 2.05) is 18.4 Å². The first-order chi connectivity index (χ1) is 9.07. The van der Waals surface area contributed by atoms with E-state index >= 15 is 0 Å². The SMILES string of the molecule is CCN1CCN(S(=O)(=O)c2ccc(SC)cc2)CC1. The Morgan fingerprint density at radius 2 is 1.68 bits per heavy atom. The van der Waals surface area contributed by atoms with Crippen LogP contribution in [0, 0.1) is 0 Å². The van der Waals surface area contributed by atoms with Gasteiger partial charge in [-0.2, -0.15) is 4.31 Å². The predicted octanol–water partition coefficient (Wildman–Crippen LogP) is 1.73. The maximum Gasteiger partial charge on any atom is 0.243 e. The van der Waals surface area contributed by atoms with Gasteiger partial charge in [-0.3, -0.25) is 0 Å². The van der Waals surface area contributed by atoms with Crippen LogP contribution >= 0.6 is 11.8 Å². The minimum atomic E-state index is -3.32. The van der Waals surface area contributed by atoms with Gasteiger partial charge in [0, 0.05) is 31.1 Å². The van der Waals surface area contributed by atoms with Gasteiger partial charge in [0.05, 0.1) is 4.90 Å². The number of hydrogen-bond acceptors (Lipinski definition) is 4. The highest BCUT2D eigenvalue weighted by atomic mass is 32.2. The monoisotopic (exact) mass is 300 g/mol. The summed E-state index contributed by atoms with van der Waals surface area (Å²) >= 11 is 1.61. The number of sulfonamides is 1.